The first-order valence-corrected chi connectivity index (χ1v) is 21.4. The van der Waals surface area contributed by atoms with Crippen molar-refractivity contribution in [2.45, 2.75) is 155 Å². The molecule has 0 saturated carbocycles. The molecule has 7 aromatic rings. The average Bonchev–Trinajstić information content (AvgIpc) is 3.56. The van der Waals surface area contributed by atoms with Gasteiger partial charge in [0.1, 0.15) is 0 Å². The SMILES string of the molecule is CCCCCCCCCCCCn1c(=O)c2cc3cccc4c3c(c3cccc5cc6c(=O)n(CCCCCCCCCCCC)c(=O)c6c4c53)c2c1=O. The molecule has 0 atom stereocenters. The van der Waals surface area contributed by atoms with Gasteiger partial charge in [-0.3, -0.25) is 28.3 Å². The molecule has 0 aliphatic heterocycles. The van der Waals surface area contributed by atoms with E-state index in [0.717, 1.165) is 81.6 Å². The minimum absolute atomic E-state index is 0.218. The molecule has 0 radical (unpaired) electrons. The Morgan fingerprint density at radius 1 is 0.352 bits per heavy atom. The summed E-state index contributed by atoms with van der Waals surface area (Å²) in [5, 5.41) is 8.58. The van der Waals surface area contributed by atoms with E-state index in [9.17, 15) is 19.2 Å². The lowest BCUT2D eigenvalue weighted by molar-refractivity contribution is 0.529. The summed E-state index contributed by atoms with van der Waals surface area (Å²) in [4.78, 5) is 56.3. The summed E-state index contributed by atoms with van der Waals surface area (Å²) in [6.45, 7) is 5.33. The number of fused-ring (bicyclic) bond motifs is 6. The van der Waals surface area contributed by atoms with Crippen molar-refractivity contribution in [3.63, 3.8) is 0 Å². The third kappa shape index (κ3) is 7.25. The molecule has 2 aromatic heterocycles. The molecule has 0 amide bonds. The molecule has 0 fully saturated rings. The van der Waals surface area contributed by atoms with Crippen molar-refractivity contribution >= 4 is 64.6 Å². The molecular weight excluding hydrogens is 669 g/mol. The van der Waals surface area contributed by atoms with Crippen molar-refractivity contribution in [1.29, 1.82) is 0 Å². The second kappa shape index (κ2) is 17.4. The Kier molecular flexibility index (Phi) is 12.3. The number of benzene rings is 5. The topological polar surface area (TPSA) is 78.1 Å². The van der Waals surface area contributed by atoms with Gasteiger partial charge in [-0.1, -0.05) is 166 Å². The van der Waals surface area contributed by atoms with Crippen molar-refractivity contribution in [3.05, 3.63) is 89.9 Å². The van der Waals surface area contributed by atoms with Crippen LogP contribution in [0, 0.1) is 0 Å². The Morgan fingerprint density at radius 3 is 1.04 bits per heavy atom. The summed E-state index contributed by atoms with van der Waals surface area (Å²) >= 11 is 0. The largest absolute Gasteiger partial charge is 0.274 e. The van der Waals surface area contributed by atoms with Crippen LogP contribution in [0.1, 0.15) is 142 Å². The van der Waals surface area contributed by atoms with E-state index >= 15 is 0 Å². The molecule has 6 heteroatoms. The maximum atomic E-state index is 14.3. The van der Waals surface area contributed by atoms with Gasteiger partial charge >= 0.3 is 0 Å². The zero-order valence-electron chi connectivity index (χ0n) is 32.7. The van der Waals surface area contributed by atoms with E-state index < -0.39 is 0 Å². The van der Waals surface area contributed by atoms with E-state index in [2.05, 4.69) is 13.8 Å². The maximum Gasteiger partial charge on any atom is 0.262 e. The molecule has 0 bridgehead atoms. The fourth-order valence-corrected chi connectivity index (χ4v) is 9.32. The van der Waals surface area contributed by atoms with E-state index in [1.54, 1.807) is 0 Å². The van der Waals surface area contributed by atoms with Gasteiger partial charge in [0.2, 0.25) is 0 Å². The first-order chi connectivity index (χ1) is 26.5. The molecule has 0 aliphatic rings. The van der Waals surface area contributed by atoms with E-state index in [0.29, 0.717) is 34.6 Å². The molecule has 284 valence electrons. The highest BCUT2D eigenvalue weighted by molar-refractivity contribution is 6.41. The molecule has 0 unspecified atom stereocenters. The number of aromatic nitrogens is 2. The summed E-state index contributed by atoms with van der Waals surface area (Å²) < 4.78 is 2.91. The molecule has 0 spiro atoms. The number of rotatable bonds is 22. The van der Waals surface area contributed by atoms with Gasteiger partial charge in [0.25, 0.3) is 22.2 Å². The van der Waals surface area contributed by atoms with Crippen molar-refractivity contribution in [1.82, 2.24) is 9.13 Å². The Labute approximate surface area is 318 Å². The highest BCUT2D eigenvalue weighted by Crippen LogP contribution is 2.44. The molecule has 54 heavy (non-hydrogen) atoms. The number of unbranched alkanes of at least 4 members (excludes halogenated alkanes) is 18. The van der Waals surface area contributed by atoms with Crippen molar-refractivity contribution in [2.75, 3.05) is 0 Å². The third-order valence-electron chi connectivity index (χ3n) is 12.2. The molecule has 0 saturated heterocycles. The molecule has 6 nitrogen and oxygen atoms in total. The summed E-state index contributed by atoms with van der Waals surface area (Å²) in [6, 6.07) is 15.7. The van der Waals surface area contributed by atoms with Crippen LogP contribution in [0.25, 0.3) is 64.6 Å². The van der Waals surface area contributed by atoms with E-state index in [1.807, 2.05) is 48.5 Å². The van der Waals surface area contributed by atoms with Gasteiger partial charge in [0.15, 0.2) is 0 Å². The van der Waals surface area contributed by atoms with E-state index in [1.165, 1.54) is 99.0 Å². The van der Waals surface area contributed by atoms with Gasteiger partial charge < -0.3 is 0 Å². The van der Waals surface area contributed by atoms with Crippen LogP contribution in [0.5, 0.6) is 0 Å². The summed E-state index contributed by atoms with van der Waals surface area (Å²) in [6.07, 6.45) is 23.8. The second-order valence-corrected chi connectivity index (χ2v) is 16.0. The second-order valence-electron chi connectivity index (χ2n) is 16.0. The summed E-state index contributed by atoms with van der Waals surface area (Å²) in [5.41, 5.74) is -0.893. The predicted octanol–water partition coefficient (Wildman–Crippen LogP) is 11.8. The van der Waals surface area contributed by atoms with Gasteiger partial charge in [-0.2, -0.15) is 0 Å². The average molecular weight is 727 g/mol. The predicted molar refractivity (Wildman–Crippen MR) is 230 cm³/mol. The standard InChI is InChI=1S/C48H58N2O4/c1-3-5-7-9-11-13-15-17-19-21-29-49-45(51)37-31-33-25-23-28-36-39(33)41(43(37)47(49)53)35-27-24-26-34-32-38-44(42(36)40(34)35)48(54)50(46(38)52)30-22-20-18-16-14-12-10-8-6-4-2/h23-28,31-32H,3-22,29-30H2,1-2H3. The number of nitrogens with zero attached hydrogens (tertiary/aromatic N) is 2. The smallest absolute Gasteiger partial charge is 0.262 e. The molecule has 0 aliphatic carbocycles. The normalized spacial score (nSPS) is 12.3. The quantitative estimate of drug-likeness (QED) is 0.0396. The molecule has 2 heterocycles. The lowest BCUT2D eigenvalue weighted by Gasteiger charge is -2.15. The minimum Gasteiger partial charge on any atom is -0.274 e. The van der Waals surface area contributed by atoms with E-state index in [-0.39, 0.29) is 22.2 Å². The first kappa shape index (κ1) is 38.0. The molecule has 0 N–H and O–H groups in total. The number of hydrogen-bond donors (Lipinski definition) is 0. The van der Waals surface area contributed by atoms with Gasteiger partial charge in [0, 0.05) is 23.9 Å². The first-order valence-electron chi connectivity index (χ1n) is 21.4. The Morgan fingerprint density at radius 2 is 0.685 bits per heavy atom. The number of hydrogen-bond acceptors (Lipinski definition) is 4. The summed E-state index contributed by atoms with van der Waals surface area (Å²) in [5.74, 6) is 0. The van der Waals surface area contributed by atoms with Gasteiger partial charge in [0.05, 0.1) is 21.5 Å². The Balaban J connectivity index is 1.21. The van der Waals surface area contributed by atoms with Crippen LogP contribution in [0.2, 0.25) is 0 Å². The highest BCUT2D eigenvalue weighted by atomic mass is 16.2. The van der Waals surface area contributed by atoms with Crippen LogP contribution in [-0.2, 0) is 13.1 Å². The van der Waals surface area contributed by atoms with Crippen LogP contribution in [0.3, 0.4) is 0 Å². The lowest BCUT2D eigenvalue weighted by Crippen LogP contribution is -2.25. The van der Waals surface area contributed by atoms with Gasteiger partial charge in [-0.05, 0) is 57.3 Å². The van der Waals surface area contributed by atoms with Crippen LogP contribution in [-0.4, -0.2) is 9.13 Å². The van der Waals surface area contributed by atoms with Crippen molar-refractivity contribution < 1.29 is 0 Å². The van der Waals surface area contributed by atoms with Crippen molar-refractivity contribution in [2.24, 2.45) is 0 Å². The fourth-order valence-electron chi connectivity index (χ4n) is 9.32. The Hall–Kier alpha value is -4.32. The zero-order chi connectivity index (χ0) is 37.6. The highest BCUT2D eigenvalue weighted by Gasteiger charge is 2.25. The zero-order valence-corrected chi connectivity index (χ0v) is 32.7. The lowest BCUT2D eigenvalue weighted by atomic mass is 9.86. The van der Waals surface area contributed by atoms with Crippen LogP contribution in [0.15, 0.2) is 67.7 Å². The van der Waals surface area contributed by atoms with Crippen molar-refractivity contribution in [3.8, 4) is 0 Å². The van der Waals surface area contributed by atoms with Gasteiger partial charge in [-0.25, -0.2) is 0 Å². The Bertz CT molecular complexity index is 2400. The van der Waals surface area contributed by atoms with E-state index in [4.69, 9.17) is 0 Å². The van der Waals surface area contributed by atoms with Crippen LogP contribution in [0.4, 0.5) is 0 Å². The summed E-state index contributed by atoms with van der Waals surface area (Å²) in [7, 11) is 0. The van der Waals surface area contributed by atoms with Crippen LogP contribution >= 0.6 is 0 Å². The molecule has 5 aromatic carbocycles. The van der Waals surface area contributed by atoms with Crippen LogP contribution < -0.4 is 22.2 Å². The minimum atomic E-state index is -0.229. The van der Waals surface area contributed by atoms with Gasteiger partial charge in [-0.15, -0.1) is 0 Å². The molecular formula is C48H58N2O4. The third-order valence-corrected chi connectivity index (χ3v) is 12.2. The monoisotopic (exact) mass is 726 g/mol. The molecule has 7 rings (SSSR count). The fraction of sp³-hybridized carbons (Fsp3) is 0.500. The maximum absolute atomic E-state index is 14.3.